The maximum Gasteiger partial charge on any atom is 0.306 e. The van der Waals surface area contributed by atoms with Crippen molar-refractivity contribution in [2.75, 3.05) is 0 Å². The van der Waals surface area contributed by atoms with Crippen LogP contribution in [-0.2, 0) is 28.6 Å². The zero-order valence-electron chi connectivity index (χ0n) is 20.8. The SMILES string of the molecule is C=C[C@@]1(C)CC(=O)[C@]2(O)C3(C)[C@@H](O)CCC(C)(C)[C@@H]3C(OC(C)=O)C(OC(=O)CC)[C@@]2(C)O1. The number of hydrogen-bond donors (Lipinski definition) is 2. The van der Waals surface area contributed by atoms with Crippen molar-refractivity contribution in [1.82, 2.24) is 0 Å². The monoisotopic (exact) mass is 466 g/mol. The Hall–Kier alpha value is -1.77. The molecule has 8 nitrogen and oxygen atoms in total. The zero-order valence-corrected chi connectivity index (χ0v) is 20.8. The molecule has 1 heterocycles. The maximum atomic E-state index is 13.8. The number of Topliss-reactive ketones (excluding diaryl/α,β-unsaturated/α-hetero) is 1. The number of ketones is 1. The van der Waals surface area contributed by atoms with E-state index in [1.165, 1.54) is 19.9 Å². The molecule has 3 fully saturated rings. The van der Waals surface area contributed by atoms with Crippen molar-refractivity contribution in [3.63, 3.8) is 0 Å². The summed E-state index contributed by atoms with van der Waals surface area (Å²) in [5.41, 5.74) is -7.22. The molecule has 0 aromatic carbocycles. The first-order valence-electron chi connectivity index (χ1n) is 11.7. The van der Waals surface area contributed by atoms with Crippen LogP contribution in [0.5, 0.6) is 0 Å². The number of rotatable bonds is 4. The number of hydrogen-bond acceptors (Lipinski definition) is 8. The molecule has 2 saturated carbocycles. The van der Waals surface area contributed by atoms with E-state index >= 15 is 0 Å². The number of carbonyl (C=O) groups excluding carboxylic acids is 3. The molecule has 2 aliphatic carbocycles. The smallest absolute Gasteiger partial charge is 0.306 e. The first kappa shape index (κ1) is 25.8. The van der Waals surface area contributed by atoms with Crippen LogP contribution in [0.25, 0.3) is 0 Å². The van der Waals surface area contributed by atoms with E-state index in [4.69, 9.17) is 14.2 Å². The summed E-state index contributed by atoms with van der Waals surface area (Å²) in [5, 5.41) is 23.8. The molecule has 0 aromatic rings. The minimum absolute atomic E-state index is 0.0401. The van der Waals surface area contributed by atoms with Gasteiger partial charge in [0.1, 0.15) is 11.7 Å². The third-order valence-electron chi connectivity index (χ3n) is 8.55. The highest BCUT2D eigenvalue weighted by Crippen LogP contribution is 2.67. The lowest BCUT2D eigenvalue weighted by Crippen LogP contribution is -2.87. The molecule has 3 aliphatic rings. The van der Waals surface area contributed by atoms with Gasteiger partial charge in [0.25, 0.3) is 0 Å². The molecule has 0 amide bonds. The average molecular weight is 467 g/mol. The third kappa shape index (κ3) is 3.40. The Morgan fingerprint density at radius 2 is 1.82 bits per heavy atom. The Morgan fingerprint density at radius 3 is 2.33 bits per heavy atom. The van der Waals surface area contributed by atoms with Gasteiger partial charge in [-0.2, -0.15) is 0 Å². The van der Waals surface area contributed by atoms with Gasteiger partial charge in [-0.3, -0.25) is 14.4 Å². The molecule has 1 aliphatic heterocycles. The summed E-state index contributed by atoms with van der Waals surface area (Å²) >= 11 is 0. The molecule has 8 heteroatoms. The van der Waals surface area contributed by atoms with Gasteiger partial charge in [0, 0.05) is 31.1 Å². The summed E-state index contributed by atoms with van der Waals surface area (Å²) in [6.07, 6.45) is -1.16. The van der Waals surface area contributed by atoms with E-state index in [2.05, 4.69) is 6.58 Å². The predicted molar refractivity (Wildman–Crippen MR) is 119 cm³/mol. The fourth-order valence-corrected chi connectivity index (χ4v) is 6.98. The van der Waals surface area contributed by atoms with Crippen molar-refractivity contribution in [3.05, 3.63) is 12.7 Å². The van der Waals surface area contributed by atoms with Crippen molar-refractivity contribution in [1.29, 1.82) is 0 Å². The van der Waals surface area contributed by atoms with E-state index in [0.29, 0.717) is 12.8 Å². The lowest BCUT2D eigenvalue weighted by Gasteiger charge is -2.71. The van der Waals surface area contributed by atoms with Gasteiger partial charge in [0.05, 0.1) is 11.7 Å². The molecular formula is C25H38O8. The molecule has 3 rings (SSSR count). The van der Waals surface area contributed by atoms with Crippen LogP contribution >= 0.6 is 0 Å². The van der Waals surface area contributed by atoms with E-state index in [1.54, 1.807) is 20.8 Å². The summed E-state index contributed by atoms with van der Waals surface area (Å²) in [6.45, 7) is 15.4. The van der Waals surface area contributed by atoms with Crippen LogP contribution in [0.15, 0.2) is 12.7 Å². The molecule has 3 unspecified atom stereocenters. The Balaban J connectivity index is 2.38. The summed E-state index contributed by atoms with van der Waals surface area (Å²) in [6, 6.07) is 0. The van der Waals surface area contributed by atoms with E-state index in [9.17, 15) is 24.6 Å². The number of carbonyl (C=O) groups is 3. The van der Waals surface area contributed by atoms with Gasteiger partial charge in [0.15, 0.2) is 17.5 Å². The van der Waals surface area contributed by atoms with Crippen molar-refractivity contribution in [2.45, 2.75) is 109 Å². The Kier molecular flexibility index (Phi) is 6.18. The second-order valence-corrected chi connectivity index (χ2v) is 11.2. The number of ether oxygens (including phenoxy) is 3. The van der Waals surface area contributed by atoms with E-state index in [1.807, 2.05) is 13.8 Å². The fraction of sp³-hybridized carbons (Fsp3) is 0.800. The van der Waals surface area contributed by atoms with Gasteiger partial charge in [-0.1, -0.05) is 33.8 Å². The first-order chi connectivity index (χ1) is 15.0. The third-order valence-corrected chi connectivity index (χ3v) is 8.55. The minimum atomic E-state index is -2.22. The highest BCUT2D eigenvalue weighted by molar-refractivity contribution is 5.92. The Bertz CT molecular complexity index is 866. The van der Waals surface area contributed by atoms with Crippen molar-refractivity contribution >= 4 is 17.7 Å². The molecule has 33 heavy (non-hydrogen) atoms. The highest BCUT2D eigenvalue weighted by atomic mass is 16.6. The highest BCUT2D eigenvalue weighted by Gasteiger charge is 2.82. The zero-order chi connectivity index (χ0) is 25.2. The number of fused-ring (bicyclic) bond motifs is 3. The molecule has 0 aromatic heterocycles. The van der Waals surface area contributed by atoms with Gasteiger partial charge in [-0.15, -0.1) is 6.58 Å². The number of aliphatic hydroxyl groups is 2. The van der Waals surface area contributed by atoms with E-state index in [0.717, 1.165) is 0 Å². The van der Waals surface area contributed by atoms with Crippen LogP contribution in [0.2, 0.25) is 0 Å². The summed E-state index contributed by atoms with van der Waals surface area (Å²) in [4.78, 5) is 38.7. The standard InChI is InChI=1S/C25H38O8/c1-9-17(29)32-20-18(31-14(3)26)19-21(4,5)12-11-15(27)23(19,7)25(30)16(28)13-22(6,10-2)33-24(20,25)8/h10,15,18-20,27,30H,2,9,11-13H2,1,3-8H3/t15-,18?,19-,20?,22-,23?,24+,25-/m0/s1. The van der Waals surface area contributed by atoms with Crippen LogP contribution < -0.4 is 0 Å². The second-order valence-electron chi connectivity index (χ2n) is 11.2. The minimum Gasteiger partial charge on any atom is -0.458 e. The van der Waals surface area contributed by atoms with Crippen LogP contribution in [0.3, 0.4) is 0 Å². The van der Waals surface area contributed by atoms with Gasteiger partial charge < -0.3 is 24.4 Å². The van der Waals surface area contributed by atoms with Crippen LogP contribution in [0.1, 0.15) is 74.1 Å². The lowest BCUT2D eigenvalue weighted by molar-refractivity contribution is -0.371. The molecule has 2 N–H and O–H groups in total. The Labute approximate surface area is 195 Å². The van der Waals surface area contributed by atoms with Gasteiger partial charge in [-0.05, 0) is 32.1 Å². The van der Waals surface area contributed by atoms with Crippen molar-refractivity contribution in [3.8, 4) is 0 Å². The van der Waals surface area contributed by atoms with E-state index < -0.39 is 69.6 Å². The van der Waals surface area contributed by atoms with Gasteiger partial charge in [0.2, 0.25) is 0 Å². The Morgan fingerprint density at radius 1 is 1.21 bits per heavy atom. The average Bonchev–Trinajstić information content (AvgIpc) is 2.70. The van der Waals surface area contributed by atoms with Gasteiger partial charge >= 0.3 is 11.9 Å². The molecule has 1 saturated heterocycles. The summed E-state index contributed by atoms with van der Waals surface area (Å²) in [7, 11) is 0. The summed E-state index contributed by atoms with van der Waals surface area (Å²) < 4.78 is 18.1. The maximum absolute atomic E-state index is 13.8. The first-order valence-corrected chi connectivity index (χ1v) is 11.7. The van der Waals surface area contributed by atoms with Gasteiger partial charge in [-0.25, -0.2) is 0 Å². The second kappa shape index (κ2) is 7.89. The topological polar surface area (TPSA) is 119 Å². The van der Waals surface area contributed by atoms with Crippen LogP contribution in [0.4, 0.5) is 0 Å². The number of aliphatic hydroxyl groups excluding tert-OH is 1. The fourth-order valence-electron chi connectivity index (χ4n) is 6.98. The predicted octanol–water partition coefficient (Wildman–Crippen LogP) is 2.48. The largest absolute Gasteiger partial charge is 0.458 e. The molecular weight excluding hydrogens is 428 g/mol. The summed E-state index contributed by atoms with van der Waals surface area (Å²) in [5.74, 6) is -2.41. The lowest BCUT2D eigenvalue weighted by atomic mass is 9.39. The number of esters is 2. The van der Waals surface area contributed by atoms with Crippen molar-refractivity contribution < 1.29 is 38.8 Å². The van der Waals surface area contributed by atoms with E-state index in [-0.39, 0.29) is 12.8 Å². The van der Waals surface area contributed by atoms with Crippen LogP contribution in [0, 0.1) is 16.7 Å². The molecule has 8 atom stereocenters. The van der Waals surface area contributed by atoms with Crippen LogP contribution in [-0.4, -0.2) is 63.0 Å². The van der Waals surface area contributed by atoms with Crippen molar-refractivity contribution in [2.24, 2.45) is 16.7 Å². The molecule has 0 spiro atoms. The molecule has 0 radical (unpaired) electrons. The molecule has 186 valence electrons. The quantitative estimate of drug-likeness (QED) is 0.479. The molecule has 0 bridgehead atoms. The normalized spacial score (nSPS) is 46.5.